The van der Waals surface area contributed by atoms with Gasteiger partial charge >= 0.3 is 0 Å². The molecule has 5 heteroatoms. The zero-order valence-corrected chi connectivity index (χ0v) is 11.2. The minimum absolute atomic E-state index is 0.708. The van der Waals surface area contributed by atoms with Gasteiger partial charge in [-0.1, -0.05) is 6.07 Å². The maximum atomic E-state index is 4.46. The topological polar surface area (TPSA) is 62.7 Å². The predicted octanol–water partition coefficient (Wildman–Crippen LogP) is 3.20. The third-order valence-corrected chi connectivity index (χ3v) is 2.90. The van der Waals surface area contributed by atoms with Gasteiger partial charge < -0.3 is 10.6 Å². The molecule has 0 aliphatic heterocycles. The van der Waals surface area contributed by atoms with Gasteiger partial charge in [-0.2, -0.15) is 0 Å². The fourth-order valence-electron chi connectivity index (χ4n) is 2.04. The van der Waals surface area contributed by atoms with Gasteiger partial charge in [-0.05, 0) is 31.2 Å². The van der Waals surface area contributed by atoms with Crippen molar-refractivity contribution in [3.05, 3.63) is 48.9 Å². The Bertz CT molecular complexity index is 721. The van der Waals surface area contributed by atoms with Crippen LogP contribution < -0.4 is 10.6 Å². The molecule has 0 amide bonds. The highest BCUT2D eigenvalue weighted by Crippen LogP contribution is 2.24. The van der Waals surface area contributed by atoms with Crippen LogP contribution in [0.25, 0.3) is 10.9 Å². The van der Waals surface area contributed by atoms with Crippen LogP contribution in [0.4, 0.5) is 17.3 Å². The van der Waals surface area contributed by atoms with Crippen LogP contribution in [0.15, 0.2) is 48.9 Å². The number of aromatic nitrogens is 3. The molecule has 20 heavy (non-hydrogen) atoms. The lowest BCUT2D eigenvalue weighted by Crippen LogP contribution is -2.02. The Kier molecular flexibility index (Phi) is 3.41. The molecular weight excluding hydrogens is 250 g/mol. The van der Waals surface area contributed by atoms with Crippen LogP contribution in [0.3, 0.4) is 0 Å². The predicted molar refractivity (Wildman–Crippen MR) is 81.2 cm³/mol. The first-order valence-corrected chi connectivity index (χ1v) is 6.53. The summed E-state index contributed by atoms with van der Waals surface area (Å²) in [6.45, 7) is 2.84. The number of rotatable bonds is 4. The van der Waals surface area contributed by atoms with Crippen molar-refractivity contribution in [2.45, 2.75) is 6.92 Å². The van der Waals surface area contributed by atoms with Gasteiger partial charge in [-0.3, -0.25) is 9.97 Å². The molecule has 0 atom stereocenters. The molecule has 0 spiro atoms. The lowest BCUT2D eigenvalue weighted by Gasteiger charge is -2.09. The van der Waals surface area contributed by atoms with Crippen LogP contribution in [0.2, 0.25) is 0 Å². The molecule has 0 fully saturated rings. The SMILES string of the molecule is CCNc1cncc(Nc2cccc3ncccc23)n1. The van der Waals surface area contributed by atoms with E-state index in [1.807, 2.05) is 37.3 Å². The Morgan fingerprint density at radius 3 is 2.85 bits per heavy atom. The van der Waals surface area contributed by atoms with E-state index in [0.717, 1.165) is 29.0 Å². The average molecular weight is 265 g/mol. The summed E-state index contributed by atoms with van der Waals surface area (Å²) in [6, 6.07) is 9.92. The molecule has 3 aromatic rings. The highest BCUT2D eigenvalue weighted by atomic mass is 15.1. The molecule has 0 bridgehead atoms. The minimum atomic E-state index is 0.708. The lowest BCUT2D eigenvalue weighted by atomic mass is 10.2. The molecule has 1 aromatic carbocycles. The van der Waals surface area contributed by atoms with Gasteiger partial charge in [0.05, 0.1) is 17.9 Å². The quantitative estimate of drug-likeness (QED) is 0.758. The second-order valence-corrected chi connectivity index (χ2v) is 4.32. The van der Waals surface area contributed by atoms with E-state index in [1.165, 1.54) is 0 Å². The van der Waals surface area contributed by atoms with Crippen molar-refractivity contribution in [3.8, 4) is 0 Å². The van der Waals surface area contributed by atoms with Crippen LogP contribution in [0.5, 0.6) is 0 Å². The van der Waals surface area contributed by atoms with E-state index in [1.54, 1.807) is 18.6 Å². The number of hydrogen-bond donors (Lipinski definition) is 2. The smallest absolute Gasteiger partial charge is 0.151 e. The summed E-state index contributed by atoms with van der Waals surface area (Å²) in [5, 5.41) is 7.50. The number of hydrogen-bond acceptors (Lipinski definition) is 5. The van der Waals surface area contributed by atoms with E-state index in [9.17, 15) is 0 Å². The molecule has 3 rings (SSSR count). The van der Waals surface area contributed by atoms with Crippen molar-refractivity contribution < 1.29 is 0 Å². The molecule has 2 heterocycles. The molecule has 0 aliphatic carbocycles. The van der Waals surface area contributed by atoms with Crippen LogP contribution in [0, 0.1) is 0 Å². The molecule has 0 saturated carbocycles. The maximum absolute atomic E-state index is 4.46. The van der Waals surface area contributed by atoms with Crippen LogP contribution >= 0.6 is 0 Å². The van der Waals surface area contributed by atoms with Crippen molar-refractivity contribution in [2.75, 3.05) is 17.2 Å². The first-order chi connectivity index (χ1) is 9.86. The van der Waals surface area contributed by atoms with Gasteiger partial charge in [0.15, 0.2) is 5.82 Å². The first kappa shape index (κ1) is 12.3. The molecule has 5 nitrogen and oxygen atoms in total. The number of pyridine rings is 1. The van der Waals surface area contributed by atoms with Crippen molar-refractivity contribution in [3.63, 3.8) is 0 Å². The van der Waals surface area contributed by atoms with Crippen LogP contribution in [0.1, 0.15) is 6.92 Å². The summed E-state index contributed by atoms with van der Waals surface area (Å²) < 4.78 is 0. The largest absolute Gasteiger partial charge is 0.369 e. The fourth-order valence-corrected chi connectivity index (χ4v) is 2.04. The van der Waals surface area contributed by atoms with E-state index in [-0.39, 0.29) is 0 Å². The Balaban J connectivity index is 1.95. The summed E-state index contributed by atoms with van der Waals surface area (Å²) in [7, 11) is 0. The number of anilines is 3. The average Bonchev–Trinajstić information content (AvgIpc) is 2.48. The molecule has 2 N–H and O–H groups in total. The summed E-state index contributed by atoms with van der Waals surface area (Å²) in [6.07, 6.45) is 5.20. The summed E-state index contributed by atoms with van der Waals surface area (Å²) >= 11 is 0. The molecule has 0 radical (unpaired) electrons. The standard InChI is InChI=1S/C15H15N5/c1-2-17-14-9-16-10-15(20-14)19-13-7-3-6-12-11(13)5-4-8-18-12/h3-10H,2H2,1H3,(H2,17,19,20). The van der Waals surface area contributed by atoms with Crippen molar-refractivity contribution >= 4 is 28.2 Å². The summed E-state index contributed by atoms with van der Waals surface area (Å²) in [5.41, 5.74) is 1.92. The first-order valence-electron chi connectivity index (χ1n) is 6.53. The van der Waals surface area contributed by atoms with E-state index < -0.39 is 0 Å². The molecule has 0 saturated heterocycles. The Morgan fingerprint density at radius 1 is 1.05 bits per heavy atom. The van der Waals surface area contributed by atoms with Crippen molar-refractivity contribution in [1.82, 2.24) is 15.0 Å². The van der Waals surface area contributed by atoms with Gasteiger partial charge in [0.25, 0.3) is 0 Å². The molecule has 100 valence electrons. The van der Waals surface area contributed by atoms with Gasteiger partial charge in [-0.25, -0.2) is 4.98 Å². The Hall–Kier alpha value is -2.69. The van der Waals surface area contributed by atoms with Gasteiger partial charge in [-0.15, -0.1) is 0 Å². The third kappa shape index (κ3) is 2.51. The zero-order chi connectivity index (χ0) is 13.8. The van der Waals surface area contributed by atoms with E-state index in [4.69, 9.17) is 0 Å². The number of fused-ring (bicyclic) bond motifs is 1. The second kappa shape index (κ2) is 5.52. The van der Waals surface area contributed by atoms with Crippen molar-refractivity contribution in [1.29, 1.82) is 0 Å². The maximum Gasteiger partial charge on any atom is 0.151 e. The van der Waals surface area contributed by atoms with E-state index in [0.29, 0.717) is 5.82 Å². The Morgan fingerprint density at radius 2 is 1.95 bits per heavy atom. The number of nitrogens with one attached hydrogen (secondary N) is 2. The van der Waals surface area contributed by atoms with E-state index in [2.05, 4.69) is 25.6 Å². The zero-order valence-electron chi connectivity index (χ0n) is 11.2. The summed E-state index contributed by atoms with van der Waals surface area (Å²) in [5.74, 6) is 1.47. The van der Waals surface area contributed by atoms with Gasteiger partial charge in [0, 0.05) is 23.8 Å². The monoisotopic (exact) mass is 265 g/mol. The molecule has 2 aromatic heterocycles. The summed E-state index contributed by atoms with van der Waals surface area (Å²) in [4.78, 5) is 13.0. The number of nitrogens with zero attached hydrogens (tertiary/aromatic N) is 3. The van der Waals surface area contributed by atoms with Gasteiger partial charge in [0.1, 0.15) is 5.82 Å². The normalized spacial score (nSPS) is 10.4. The third-order valence-electron chi connectivity index (χ3n) is 2.90. The minimum Gasteiger partial charge on any atom is -0.369 e. The molecule has 0 aliphatic rings. The number of benzene rings is 1. The van der Waals surface area contributed by atoms with Crippen LogP contribution in [-0.2, 0) is 0 Å². The van der Waals surface area contributed by atoms with Crippen LogP contribution in [-0.4, -0.2) is 21.5 Å². The Labute approximate surface area is 117 Å². The highest BCUT2D eigenvalue weighted by molar-refractivity contribution is 5.92. The highest BCUT2D eigenvalue weighted by Gasteiger charge is 2.03. The molecular formula is C15H15N5. The second-order valence-electron chi connectivity index (χ2n) is 4.32. The lowest BCUT2D eigenvalue weighted by molar-refractivity contribution is 1.12. The molecule has 0 unspecified atom stereocenters. The van der Waals surface area contributed by atoms with Crippen molar-refractivity contribution in [2.24, 2.45) is 0 Å². The van der Waals surface area contributed by atoms with E-state index >= 15 is 0 Å². The van der Waals surface area contributed by atoms with Gasteiger partial charge in [0.2, 0.25) is 0 Å². The fraction of sp³-hybridized carbons (Fsp3) is 0.133.